The van der Waals surface area contributed by atoms with Gasteiger partial charge >= 0.3 is 0 Å². The van der Waals surface area contributed by atoms with Gasteiger partial charge in [-0.25, -0.2) is 0 Å². The lowest BCUT2D eigenvalue weighted by molar-refractivity contribution is 0.301. The Bertz CT molecular complexity index is 227. The molecule has 0 aliphatic heterocycles. The number of hydrogen-bond acceptors (Lipinski definition) is 1. The quantitative estimate of drug-likeness (QED) is 0.552. The van der Waals surface area contributed by atoms with Gasteiger partial charge in [0, 0.05) is 6.04 Å². The van der Waals surface area contributed by atoms with Gasteiger partial charge in [0.25, 0.3) is 0 Å². The first-order valence-corrected chi connectivity index (χ1v) is 6.35. The molecular formula is C12H23N3. The predicted octanol–water partition coefficient (Wildman–Crippen LogP) is 2.02. The first-order valence-electron chi connectivity index (χ1n) is 6.35. The molecule has 0 bridgehead atoms. The van der Waals surface area contributed by atoms with Crippen molar-refractivity contribution in [2.24, 2.45) is 16.6 Å². The summed E-state index contributed by atoms with van der Waals surface area (Å²) in [5, 5.41) is 3.35. The molecule has 2 rings (SSSR count). The van der Waals surface area contributed by atoms with E-state index in [0.717, 1.165) is 5.92 Å². The van der Waals surface area contributed by atoms with Crippen LogP contribution in [0.5, 0.6) is 0 Å². The highest BCUT2D eigenvalue weighted by molar-refractivity contribution is 5.78. The number of aliphatic imine (C=N–C) groups is 1. The van der Waals surface area contributed by atoms with Crippen LogP contribution in [0.1, 0.15) is 51.9 Å². The number of nitrogens with zero attached hydrogens (tertiary/aromatic N) is 1. The minimum atomic E-state index is 0.493. The van der Waals surface area contributed by atoms with Gasteiger partial charge < -0.3 is 11.1 Å². The van der Waals surface area contributed by atoms with E-state index in [1.807, 2.05) is 0 Å². The fourth-order valence-corrected chi connectivity index (χ4v) is 2.42. The second-order valence-electron chi connectivity index (χ2n) is 5.08. The first-order chi connectivity index (χ1) is 7.25. The van der Waals surface area contributed by atoms with Crippen LogP contribution in [-0.4, -0.2) is 18.0 Å². The van der Waals surface area contributed by atoms with Gasteiger partial charge in [-0.15, -0.1) is 0 Å². The summed E-state index contributed by atoms with van der Waals surface area (Å²) in [6.07, 6.45) is 9.33. The van der Waals surface area contributed by atoms with Gasteiger partial charge in [0.1, 0.15) is 0 Å². The summed E-state index contributed by atoms with van der Waals surface area (Å²) in [7, 11) is 0. The minimum Gasteiger partial charge on any atom is -0.370 e. The van der Waals surface area contributed by atoms with Crippen molar-refractivity contribution < 1.29 is 0 Å². The van der Waals surface area contributed by atoms with Gasteiger partial charge in [-0.3, -0.25) is 4.99 Å². The standard InChI is InChI=1S/C12H23N3/c1-9(10-5-3-2-4-6-10)14-12(13)15-11-7-8-11/h9-11H,2-8H2,1H3,(H3,13,14,15). The summed E-state index contributed by atoms with van der Waals surface area (Å²) in [5.74, 6) is 1.46. The molecule has 3 N–H and O–H groups in total. The van der Waals surface area contributed by atoms with Gasteiger partial charge in [-0.05, 0) is 38.5 Å². The molecule has 1 unspecified atom stereocenters. The van der Waals surface area contributed by atoms with Crippen LogP contribution >= 0.6 is 0 Å². The molecule has 0 radical (unpaired) electrons. The largest absolute Gasteiger partial charge is 0.370 e. The number of rotatable bonds is 3. The molecule has 0 spiro atoms. The molecule has 2 aliphatic rings. The molecule has 0 aromatic carbocycles. The highest BCUT2D eigenvalue weighted by Crippen LogP contribution is 2.26. The van der Waals surface area contributed by atoms with E-state index < -0.39 is 0 Å². The van der Waals surface area contributed by atoms with E-state index in [0.29, 0.717) is 18.0 Å². The molecule has 1 atom stereocenters. The van der Waals surface area contributed by atoms with Crippen molar-refractivity contribution in [1.29, 1.82) is 0 Å². The third kappa shape index (κ3) is 3.40. The second kappa shape index (κ2) is 4.86. The third-order valence-electron chi connectivity index (χ3n) is 3.60. The molecule has 3 nitrogen and oxygen atoms in total. The van der Waals surface area contributed by atoms with E-state index in [-0.39, 0.29) is 0 Å². The Labute approximate surface area is 92.5 Å². The molecule has 0 saturated heterocycles. The second-order valence-corrected chi connectivity index (χ2v) is 5.08. The zero-order chi connectivity index (χ0) is 10.7. The van der Waals surface area contributed by atoms with Crippen molar-refractivity contribution in [3.05, 3.63) is 0 Å². The first kappa shape index (κ1) is 10.8. The normalized spacial score (nSPS) is 26.3. The van der Waals surface area contributed by atoms with Crippen molar-refractivity contribution >= 4 is 5.96 Å². The third-order valence-corrected chi connectivity index (χ3v) is 3.60. The van der Waals surface area contributed by atoms with Crippen LogP contribution in [0, 0.1) is 5.92 Å². The molecule has 3 heteroatoms. The lowest BCUT2D eigenvalue weighted by atomic mass is 9.85. The number of nitrogens with one attached hydrogen (secondary N) is 1. The van der Waals surface area contributed by atoms with Gasteiger partial charge in [0.2, 0.25) is 0 Å². The molecule has 2 aliphatic carbocycles. The summed E-state index contributed by atoms with van der Waals surface area (Å²) in [5.41, 5.74) is 5.86. The lowest BCUT2D eigenvalue weighted by Gasteiger charge is -2.28. The maximum Gasteiger partial charge on any atom is 0.189 e. The summed E-state index contributed by atoms with van der Waals surface area (Å²) >= 11 is 0. The molecule has 2 fully saturated rings. The van der Waals surface area contributed by atoms with Crippen molar-refractivity contribution in [3.63, 3.8) is 0 Å². The van der Waals surface area contributed by atoms with Crippen LogP contribution in [0.2, 0.25) is 0 Å². The maximum atomic E-state index is 5.86. The van der Waals surface area contributed by atoms with E-state index >= 15 is 0 Å². The fraction of sp³-hybridized carbons (Fsp3) is 0.917. The summed E-state index contributed by atoms with van der Waals surface area (Å²) in [6, 6.07) is 1.02. The monoisotopic (exact) mass is 209 g/mol. The minimum absolute atomic E-state index is 0.493. The van der Waals surface area contributed by atoms with Crippen LogP contribution in [0.3, 0.4) is 0 Å². The van der Waals surface area contributed by atoms with Crippen molar-refractivity contribution in [2.45, 2.75) is 64.0 Å². The summed E-state index contributed by atoms with van der Waals surface area (Å²) in [4.78, 5) is 4.41. The molecule has 0 aromatic heterocycles. The highest BCUT2D eigenvalue weighted by atomic mass is 15.1. The molecule has 2 saturated carbocycles. The van der Waals surface area contributed by atoms with Crippen LogP contribution in [0.4, 0.5) is 0 Å². The van der Waals surface area contributed by atoms with E-state index in [4.69, 9.17) is 5.73 Å². The van der Waals surface area contributed by atoms with Crippen molar-refractivity contribution in [2.75, 3.05) is 0 Å². The molecule has 0 aromatic rings. The Morgan fingerprint density at radius 1 is 1.20 bits per heavy atom. The van der Waals surface area contributed by atoms with Crippen LogP contribution in [-0.2, 0) is 0 Å². The van der Waals surface area contributed by atoms with E-state index in [1.165, 1.54) is 44.9 Å². The zero-order valence-corrected chi connectivity index (χ0v) is 9.71. The van der Waals surface area contributed by atoms with Crippen LogP contribution in [0.15, 0.2) is 4.99 Å². The van der Waals surface area contributed by atoms with Crippen LogP contribution < -0.4 is 11.1 Å². The summed E-state index contributed by atoms with van der Waals surface area (Å²) < 4.78 is 0. The Morgan fingerprint density at radius 3 is 2.47 bits per heavy atom. The average Bonchev–Trinajstić information content (AvgIpc) is 3.03. The fourth-order valence-electron chi connectivity index (χ4n) is 2.42. The van der Waals surface area contributed by atoms with E-state index in [2.05, 4.69) is 17.2 Å². The van der Waals surface area contributed by atoms with Gasteiger partial charge in [0.05, 0.1) is 6.04 Å². The molecule has 15 heavy (non-hydrogen) atoms. The Hall–Kier alpha value is -0.730. The number of nitrogens with two attached hydrogens (primary N) is 1. The zero-order valence-electron chi connectivity index (χ0n) is 9.71. The molecular weight excluding hydrogens is 186 g/mol. The topological polar surface area (TPSA) is 50.4 Å². The van der Waals surface area contributed by atoms with Gasteiger partial charge in [0.15, 0.2) is 5.96 Å². The van der Waals surface area contributed by atoms with E-state index in [1.54, 1.807) is 0 Å². The predicted molar refractivity (Wildman–Crippen MR) is 63.8 cm³/mol. The van der Waals surface area contributed by atoms with Crippen LogP contribution in [0.25, 0.3) is 0 Å². The SMILES string of the molecule is CC(NC(N)=NC1CC1)C1CCCCC1. The number of guanidine groups is 1. The summed E-state index contributed by atoms with van der Waals surface area (Å²) in [6.45, 7) is 2.24. The van der Waals surface area contributed by atoms with Gasteiger partial charge in [-0.1, -0.05) is 19.3 Å². The highest BCUT2D eigenvalue weighted by Gasteiger charge is 2.23. The lowest BCUT2D eigenvalue weighted by Crippen LogP contribution is -2.43. The Morgan fingerprint density at radius 2 is 1.87 bits per heavy atom. The average molecular weight is 209 g/mol. The Balaban J connectivity index is 1.76. The van der Waals surface area contributed by atoms with Crippen molar-refractivity contribution in [3.8, 4) is 0 Å². The van der Waals surface area contributed by atoms with Gasteiger partial charge in [-0.2, -0.15) is 0 Å². The molecule has 0 heterocycles. The van der Waals surface area contributed by atoms with Crippen molar-refractivity contribution in [1.82, 2.24) is 5.32 Å². The smallest absolute Gasteiger partial charge is 0.189 e. The molecule has 86 valence electrons. The molecule has 0 amide bonds. The maximum absolute atomic E-state index is 5.86. The number of hydrogen-bond donors (Lipinski definition) is 2. The Kier molecular flexibility index (Phi) is 3.49. The van der Waals surface area contributed by atoms with E-state index in [9.17, 15) is 0 Å².